The van der Waals surface area contributed by atoms with Gasteiger partial charge in [-0.25, -0.2) is 0 Å². The SMILES string of the molecule is CN=C(NCCCOCC1CCCO1)NCc1ccc(C(=O)NC)cc1.I. The Balaban J connectivity index is 0.00000364. The second-order valence-electron chi connectivity index (χ2n) is 6.19. The average Bonchev–Trinajstić information content (AvgIpc) is 3.20. The molecular formula is C19H31IN4O3. The van der Waals surface area contributed by atoms with Crippen molar-refractivity contribution in [3.05, 3.63) is 35.4 Å². The molecule has 3 N–H and O–H groups in total. The molecule has 1 aliphatic heterocycles. The minimum Gasteiger partial charge on any atom is -0.379 e. The summed E-state index contributed by atoms with van der Waals surface area (Å²) in [5.74, 6) is 0.670. The van der Waals surface area contributed by atoms with E-state index in [0.717, 1.165) is 43.9 Å². The molecule has 1 aromatic rings. The molecule has 27 heavy (non-hydrogen) atoms. The number of carbonyl (C=O) groups excluding carboxylic acids is 1. The summed E-state index contributed by atoms with van der Waals surface area (Å²) in [6.45, 7) is 3.71. The van der Waals surface area contributed by atoms with E-state index in [1.165, 1.54) is 0 Å². The van der Waals surface area contributed by atoms with Gasteiger partial charge >= 0.3 is 0 Å². The molecule has 0 aliphatic carbocycles. The zero-order chi connectivity index (χ0) is 18.6. The normalized spacial score (nSPS) is 16.5. The number of guanidine groups is 1. The van der Waals surface area contributed by atoms with Crippen molar-refractivity contribution in [1.29, 1.82) is 0 Å². The molecule has 0 aromatic heterocycles. The van der Waals surface area contributed by atoms with Gasteiger partial charge in [0.15, 0.2) is 5.96 Å². The van der Waals surface area contributed by atoms with Gasteiger partial charge in [-0.15, -0.1) is 24.0 Å². The van der Waals surface area contributed by atoms with Crippen molar-refractivity contribution in [1.82, 2.24) is 16.0 Å². The van der Waals surface area contributed by atoms with Gasteiger partial charge in [-0.1, -0.05) is 12.1 Å². The summed E-state index contributed by atoms with van der Waals surface area (Å²) in [4.78, 5) is 15.7. The van der Waals surface area contributed by atoms with E-state index in [9.17, 15) is 4.79 Å². The highest BCUT2D eigenvalue weighted by Gasteiger charge is 2.14. The summed E-state index contributed by atoms with van der Waals surface area (Å²) < 4.78 is 11.2. The predicted molar refractivity (Wildman–Crippen MR) is 118 cm³/mol. The van der Waals surface area contributed by atoms with Crippen molar-refractivity contribution < 1.29 is 14.3 Å². The second kappa shape index (κ2) is 13.7. The molecule has 1 fully saturated rings. The van der Waals surface area contributed by atoms with Crippen molar-refractivity contribution in [3.8, 4) is 0 Å². The van der Waals surface area contributed by atoms with E-state index in [2.05, 4.69) is 20.9 Å². The molecule has 0 spiro atoms. The summed E-state index contributed by atoms with van der Waals surface area (Å²) >= 11 is 0. The van der Waals surface area contributed by atoms with E-state index in [1.807, 2.05) is 24.3 Å². The lowest BCUT2D eigenvalue weighted by Crippen LogP contribution is -2.37. The fourth-order valence-corrected chi connectivity index (χ4v) is 2.70. The lowest BCUT2D eigenvalue weighted by atomic mass is 10.1. The first kappa shape index (κ1) is 23.6. The minimum atomic E-state index is -0.0799. The van der Waals surface area contributed by atoms with Crippen LogP contribution < -0.4 is 16.0 Å². The molecule has 2 rings (SSSR count). The molecule has 1 unspecified atom stereocenters. The second-order valence-corrected chi connectivity index (χ2v) is 6.19. The Hall–Kier alpha value is -1.39. The highest BCUT2D eigenvalue weighted by atomic mass is 127. The summed E-state index contributed by atoms with van der Waals surface area (Å²) in [5.41, 5.74) is 1.74. The van der Waals surface area contributed by atoms with Crippen LogP contribution in [0.2, 0.25) is 0 Å². The molecule has 8 heteroatoms. The first-order valence-corrected chi connectivity index (χ1v) is 9.18. The molecular weight excluding hydrogens is 459 g/mol. The third kappa shape index (κ3) is 8.89. The van der Waals surface area contributed by atoms with E-state index in [4.69, 9.17) is 9.47 Å². The fourth-order valence-electron chi connectivity index (χ4n) is 2.70. The van der Waals surface area contributed by atoms with E-state index in [1.54, 1.807) is 14.1 Å². The molecule has 1 saturated heterocycles. The summed E-state index contributed by atoms with van der Waals surface area (Å²) in [6, 6.07) is 7.50. The van der Waals surface area contributed by atoms with Crippen LogP contribution >= 0.6 is 24.0 Å². The number of benzene rings is 1. The molecule has 1 heterocycles. The Bertz CT molecular complexity index is 575. The van der Waals surface area contributed by atoms with Crippen LogP contribution in [0.1, 0.15) is 35.2 Å². The van der Waals surface area contributed by atoms with Crippen molar-refractivity contribution in [2.45, 2.75) is 31.9 Å². The van der Waals surface area contributed by atoms with Gasteiger partial charge in [-0.3, -0.25) is 9.79 Å². The van der Waals surface area contributed by atoms with Gasteiger partial charge in [0, 0.05) is 46.0 Å². The number of carbonyl (C=O) groups is 1. The Morgan fingerprint density at radius 3 is 2.70 bits per heavy atom. The Labute approximate surface area is 178 Å². The minimum absolute atomic E-state index is 0. The molecule has 0 radical (unpaired) electrons. The highest BCUT2D eigenvalue weighted by molar-refractivity contribution is 14.0. The van der Waals surface area contributed by atoms with Crippen LogP contribution in [-0.4, -0.2) is 58.4 Å². The largest absolute Gasteiger partial charge is 0.379 e. The lowest BCUT2D eigenvalue weighted by molar-refractivity contribution is 0.0168. The standard InChI is InChI=1S/C19H30N4O3.HI/c1-20-18(24)16-8-6-15(7-9-16)13-23-19(21-2)22-10-4-11-25-14-17-5-3-12-26-17;/h6-9,17H,3-5,10-14H2,1-2H3,(H,20,24)(H2,21,22,23);1H. The summed E-state index contributed by atoms with van der Waals surface area (Å²) in [5, 5.41) is 9.14. The first-order chi connectivity index (χ1) is 12.7. The van der Waals surface area contributed by atoms with Crippen LogP contribution in [-0.2, 0) is 16.0 Å². The van der Waals surface area contributed by atoms with Gasteiger partial charge in [0.25, 0.3) is 5.91 Å². The van der Waals surface area contributed by atoms with Crippen LogP contribution in [0.15, 0.2) is 29.3 Å². The molecule has 1 aromatic carbocycles. The number of halogens is 1. The molecule has 1 atom stereocenters. The van der Waals surface area contributed by atoms with Gasteiger partial charge in [-0.2, -0.15) is 0 Å². The van der Waals surface area contributed by atoms with Gasteiger partial charge in [0.05, 0.1) is 12.7 Å². The van der Waals surface area contributed by atoms with E-state index < -0.39 is 0 Å². The third-order valence-electron chi connectivity index (χ3n) is 4.21. The quantitative estimate of drug-likeness (QED) is 0.213. The topological polar surface area (TPSA) is 84.0 Å². The van der Waals surface area contributed by atoms with E-state index >= 15 is 0 Å². The molecule has 152 valence electrons. The van der Waals surface area contributed by atoms with Crippen molar-refractivity contribution >= 4 is 35.8 Å². The lowest BCUT2D eigenvalue weighted by Gasteiger charge is -2.13. The van der Waals surface area contributed by atoms with Crippen molar-refractivity contribution in [2.24, 2.45) is 4.99 Å². The zero-order valence-corrected chi connectivity index (χ0v) is 18.5. The van der Waals surface area contributed by atoms with Gasteiger partial charge < -0.3 is 25.4 Å². The smallest absolute Gasteiger partial charge is 0.251 e. The maximum Gasteiger partial charge on any atom is 0.251 e. The molecule has 7 nitrogen and oxygen atoms in total. The number of hydrogen-bond donors (Lipinski definition) is 3. The van der Waals surface area contributed by atoms with E-state index in [-0.39, 0.29) is 36.0 Å². The van der Waals surface area contributed by atoms with Gasteiger partial charge in [0.2, 0.25) is 0 Å². The number of rotatable bonds is 9. The van der Waals surface area contributed by atoms with Crippen LogP contribution in [0.4, 0.5) is 0 Å². The molecule has 0 bridgehead atoms. The average molecular weight is 490 g/mol. The first-order valence-electron chi connectivity index (χ1n) is 9.18. The van der Waals surface area contributed by atoms with Crippen LogP contribution in [0.25, 0.3) is 0 Å². The highest BCUT2D eigenvalue weighted by Crippen LogP contribution is 2.11. The van der Waals surface area contributed by atoms with Gasteiger partial charge in [0.1, 0.15) is 0 Å². The molecule has 0 saturated carbocycles. The monoisotopic (exact) mass is 490 g/mol. The molecule has 1 aliphatic rings. The summed E-state index contributed by atoms with van der Waals surface area (Å²) in [7, 11) is 3.37. The molecule has 1 amide bonds. The number of aliphatic imine (C=N–C) groups is 1. The maximum atomic E-state index is 11.5. The van der Waals surface area contributed by atoms with Crippen LogP contribution in [0.5, 0.6) is 0 Å². The number of hydrogen-bond acceptors (Lipinski definition) is 4. The van der Waals surface area contributed by atoms with Crippen LogP contribution in [0, 0.1) is 0 Å². The Morgan fingerprint density at radius 1 is 1.30 bits per heavy atom. The van der Waals surface area contributed by atoms with Gasteiger partial charge in [-0.05, 0) is 37.0 Å². The fraction of sp³-hybridized carbons (Fsp3) is 0.579. The number of nitrogens with zero attached hydrogens (tertiary/aromatic N) is 1. The number of ether oxygens (including phenoxy) is 2. The predicted octanol–water partition coefficient (Wildman–Crippen LogP) is 1.91. The van der Waals surface area contributed by atoms with Crippen LogP contribution in [0.3, 0.4) is 0 Å². The van der Waals surface area contributed by atoms with Crippen molar-refractivity contribution in [2.75, 3.05) is 40.5 Å². The third-order valence-corrected chi connectivity index (χ3v) is 4.21. The Morgan fingerprint density at radius 2 is 2.07 bits per heavy atom. The number of amides is 1. The Kier molecular flexibility index (Phi) is 12.0. The summed E-state index contributed by atoms with van der Waals surface area (Å²) in [6.07, 6.45) is 3.45. The van der Waals surface area contributed by atoms with E-state index in [0.29, 0.717) is 25.3 Å². The number of nitrogens with one attached hydrogen (secondary N) is 3. The maximum absolute atomic E-state index is 11.5. The van der Waals surface area contributed by atoms with Crippen molar-refractivity contribution in [3.63, 3.8) is 0 Å². The zero-order valence-electron chi connectivity index (χ0n) is 16.1.